The molecule has 2 aromatic carbocycles. The molecule has 0 saturated heterocycles. The molecule has 0 spiro atoms. The van der Waals surface area contributed by atoms with E-state index < -0.39 is 10.0 Å². The van der Waals surface area contributed by atoms with Gasteiger partial charge in [0, 0.05) is 10.9 Å². The standard InChI is InChI=1S/C18H18N2O4S2/c1-11-3-4-12(2)17(7-11)26(23,24)19-9-18-20-14(10-25-18)13-5-6-15(21)16(22)8-13/h3-8,10,19,21-22H,9H2,1-2H3. The first-order chi connectivity index (χ1) is 12.3. The van der Waals surface area contributed by atoms with E-state index in [1.54, 1.807) is 30.5 Å². The molecule has 0 aliphatic carbocycles. The number of thiazole rings is 1. The highest BCUT2D eigenvalue weighted by Crippen LogP contribution is 2.31. The van der Waals surface area contributed by atoms with Crippen LogP contribution < -0.4 is 4.72 Å². The predicted octanol–water partition coefficient (Wildman–Crippen LogP) is 3.32. The molecule has 3 rings (SSSR count). The lowest BCUT2D eigenvalue weighted by Gasteiger charge is -2.09. The summed E-state index contributed by atoms with van der Waals surface area (Å²) in [6.45, 7) is 3.68. The van der Waals surface area contributed by atoms with Gasteiger partial charge in [0.15, 0.2) is 11.5 Å². The van der Waals surface area contributed by atoms with Crippen LogP contribution in [-0.2, 0) is 16.6 Å². The van der Waals surface area contributed by atoms with Crippen molar-refractivity contribution in [3.63, 3.8) is 0 Å². The van der Waals surface area contributed by atoms with Gasteiger partial charge in [-0.3, -0.25) is 0 Å². The van der Waals surface area contributed by atoms with Crippen LogP contribution in [-0.4, -0.2) is 23.6 Å². The lowest BCUT2D eigenvalue weighted by atomic mass is 10.1. The first-order valence-corrected chi connectivity index (χ1v) is 10.2. The molecule has 6 nitrogen and oxygen atoms in total. The predicted molar refractivity (Wildman–Crippen MR) is 101 cm³/mol. The Morgan fingerprint density at radius 1 is 1.08 bits per heavy atom. The largest absolute Gasteiger partial charge is 0.504 e. The maximum Gasteiger partial charge on any atom is 0.241 e. The van der Waals surface area contributed by atoms with E-state index in [4.69, 9.17) is 0 Å². The fraction of sp³-hybridized carbons (Fsp3) is 0.167. The maximum atomic E-state index is 12.5. The Morgan fingerprint density at radius 3 is 2.58 bits per heavy atom. The highest BCUT2D eigenvalue weighted by molar-refractivity contribution is 7.89. The van der Waals surface area contributed by atoms with Gasteiger partial charge in [-0.25, -0.2) is 18.1 Å². The molecule has 1 heterocycles. The normalized spacial score (nSPS) is 11.6. The first-order valence-electron chi connectivity index (χ1n) is 7.80. The van der Waals surface area contributed by atoms with E-state index in [0.29, 0.717) is 21.8 Å². The molecular weight excluding hydrogens is 372 g/mol. The van der Waals surface area contributed by atoms with Crippen molar-refractivity contribution >= 4 is 21.4 Å². The van der Waals surface area contributed by atoms with Crippen molar-refractivity contribution < 1.29 is 18.6 Å². The number of hydrogen-bond acceptors (Lipinski definition) is 6. The minimum absolute atomic E-state index is 0.0739. The smallest absolute Gasteiger partial charge is 0.241 e. The molecule has 0 radical (unpaired) electrons. The van der Waals surface area contributed by atoms with Crippen LogP contribution in [0.3, 0.4) is 0 Å². The minimum atomic E-state index is -3.64. The molecule has 0 amide bonds. The van der Waals surface area contributed by atoms with Gasteiger partial charge in [0.25, 0.3) is 0 Å². The minimum Gasteiger partial charge on any atom is -0.504 e. The van der Waals surface area contributed by atoms with Crippen molar-refractivity contribution in [3.05, 3.63) is 57.9 Å². The Balaban J connectivity index is 1.77. The third-order valence-electron chi connectivity index (χ3n) is 3.87. The molecule has 0 aliphatic rings. The van der Waals surface area contributed by atoms with Gasteiger partial charge in [-0.2, -0.15) is 0 Å². The fourth-order valence-corrected chi connectivity index (χ4v) is 4.59. The van der Waals surface area contributed by atoms with E-state index in [0.717, 1.165) is 5.56 Å². The van der Waals surface area contributed by atoms with Crippen molar-refractivity contribution in [3.8, 4) is 22.8 Å². The van der Waals surface area contributed by atoms with Crippen LogP contribution in [0.5, 0.6) is 11.5 Å². The second-order valence-corrected chi connectivity index (χ2v) is 8.60. The second-order valence-electron chi connectivity index (χ2n) is 5.92. The number of hydrogen-bond donors (Lipinski definition) is 3. The quantitative estimate of drug-likeness (QED) is 0.581. The SMILES string of the molecule is Cc1ccc(C)c(S(=O)(=O)NCc2nc(-c3ccc(O)c(O)c3)cs2)c1. The average Bonchev–Trinajstić information content (AvgIpc) is 3.07. The summed E-state index contributed by atoms with van der Waals surface area (Å²) < 4.78 is 27.7. The number of rotatable bonds is 5. The zero-order valence-corrected chi connectivity index (χ0v) is 15.9. The molecule has 0 bridgehead atoms. The van der Waals surface area contributed by atoms with Gasteiger partial charge in [-0.1, -0.05) is 12.1 Å². The summed E-state index contributed by atoms with van der Waals surface area (Å²) in [5.74, 6) is -0.432. The molecule has 0 fully saturated rings. The topological polar surface area (TPSA) is 99.5 Å². The average molecular weight is 390 g/mol. The van der Waals surface area contributed by atoms with E-state index in [-0.39, 0.29) is 22.9 Å². The number of sulfonamides is 1. The number of aromatic nitrogens is 1. The van der Waals surface area contributed by atoms with E-state index in [1.807, 2.05) is 13.0 Å². The van der Waals surface area contributed by atoms with Crippen molar-refractivity contribution in [1.82, 2.24) is 9.71 Å². The number of phenolic OH excluding ortho intramolecular Hbond substituents is 2. The van der Waals surface area contributed by atoms with Crippen LogP contribution in [0.2, 0.25) is 0 Å². The van der Waals surface area contributed by atoms with E-state index in [2.05, 4.69) is 9.71 Å². The lowest BCUT2D eigenvalue weighted by molar-refractivity contribution is 0.404. The number of benzene rings is 2. The van der Waals surface area contributed by atoms with Crippen LogP contribution >= 0.6 is 11.3 Å². The lowest BCUT2D eigenvalue weighted by Crippen LogP contribution is -2.24. The molecule has 0 atom stereocenters. The van der Waals surface area contributed by atoms with Crippen molar-refractivity contribution in [1.29, 1.82) is 0 Å². The molecule has 3 N–H and O–H groups in total. The number of nitrogens with one attached hydrogen (secondary N) is 1. The van der Waals surface area contributed by atoms with Crippen LogP contribution in [0, 0.1) is 13.8 Å². The number of nitrogens with zero attached hydrogens (tertiary/aromatic N) is 1. The molecular formula is C18H18N2O4S2. The van der Waals surface area contributed by atoms with Gasteiger partial charge in [0.05, 0.1) is 17.1 Å². The van der Waals surface area contributed by atoms with Crippen molar-refractivity contribution in [2.45, 2.75) is 25.3 Å². The Labute approximate surface area is 155 Å². The van der Waals surface area contributed by atoms with Gasteiger partial charge in [0.1, 0.15) is 5.01 Å². The summed E-state index contributed by atoms with van der Waals surface area (Å²) in [4.78, 5) is 4.65. The van der Waals surface area contributed by atoms with Gasteiger partial charge in [0.2, 0.25) is 10.0 Å². The van der Waals surface area contributed by atoms with Gasteiger partial charge in [-0.05, 0) is 49.2 Å². The van der Waals surface area contributed by atoms with Crippen molar-refractivity contribution in [2.24, 2.45) is 0 Å². The maximum absolute atomic E-state index is 12.5. The highest BCUT2D eigenvalue weighted by Gasteiger charge is 2.17. The monoisotopic (exact) mass is 390 g/mol. The summed E-state index contributed by atoms with van der Waals surface area (Å²) in [5, 5.41) is 21.3. The summed E-state index contributed by atoms with van der Waals surface area (Å²) in [6, 6.07) is 9.72. The molecule has 136 valence electrons. The molecule has 26 heavy (non-hydrogen) atoms. The number of aromatic hydroxyl groups is 2. The summed E-state index contributed by atoms with van der Waals surface area (Å²) >= 11 is 1.32. The first kappa shape index (κ1) is 18.4. The molecule has 8 heteroatoms. The summed E-state index contributed by atoms with van der Waals surface area (Å²) in [6.07, 6.45) is 0. The third-order valence-corrected chi connectivity index (χ3v) is 6.26. The van der Waals surface area contributed by atoms with Gasteiger partial charge in [-0.15, -0.1) is 11.3 Å². The molecule has 0 unspecified atom stereocenters. The number of aryl methyl sites for hydroxylation is 2. The molecule has 0 aliphatic heterocycles. The van der Waals surface area contributed by atoms with Crippen molar-refractivity contribution in [2.75, 3.05) is 0 Å². The Bertz CT molecular complexity index is 1060. The third kappa shape index (κ3) is 3.87. The van der Waals surface area contributed by atoms with Crippen LogP contribution in [0.25, 0.3) is 11.3 Å². The van der Waals surface area contributed by atoms with Gasteiger partial charge < -0.3 is 10.2 Å². The highest BCUT2D eigenvalue weighted by atomic mass is 32.2. The van der Waals surface area contributed by atoms with E-state index in [1.165, 1.54) is 23.5 Å². The zero-order valence-electron chi connectivity index (χ0n) is 14.2. The summed E-state index contributed by atoms with van der Waals surface area (Å²) in [7, 11) is -3.64. The zero-order chi connectivity index (χ0) is 18.9. The van der Waals surface area contributed by atoms with E-state index >= 15 is 0 Å². The Morgan fingerprint density at radius 2 is 1.85 bits per heavy atom. The number of phenols is 2. The van der Waals surface area contributed by atoms with Crippen LogP contribution in [0.15, 0.2) is 46.7 Å². The van der Waals surface area contributed by atoms with E-state index in [9.17, 15) is 18.6 Å². The molecule has 0 saturated carbocycles. The van der Waals surface area contributed by atoms with Crippen LogP contribution in [0.4, 0.5) is 0 Å². The van der Waals surface area contributed by atoms with Crippen LogP contribution in [0.1, 0.15) is 16.1 Å². The molecule has 3 aromatic rings. The summed E-state index contributed by atoms with van der Waals surface area (Å²) in [5.41, 5.74) is 2.80. The Kier molecular flexibility index (Phi) is 4.99. The molecule has 1 aromatic heterocycles. The Hall–Kier alpha value is -2.42. The fourth-order valence-electron chi connectivity index (χ4n) is 2.44. The second kappa shape index (κ2) is 7.06. The van der Waals surface area contributed by atoms with Gasteiger partial charge >= 0.3 is 0 Å².